The van der Waals surface area contributed by atoms with E-state index < -0.39 is 0 Å². The van der Waals surface area contributed by atoms with Crippen molar-refractivity contribution in [3.63, 3.8) is 0 Å². The molecule has 4 nitrogen and oxygen atoms in total. The molecule has 0 aliphatic rings. The van der Waals surface area contributed by atoms with E-state index in [4.69, 9.17) is 4.98 Å². The molecule has 0 fully saturated rings. The molecule has 0 aliphatic heterocycles. The Balaban J connectivity index is 1.48. The van der Waals surface area contributed by atoms with Crippen molar-refractivity contribution in [1.82, 2.24) is 14.9 Å². The highest BCUT2D eigenvalue weighted by Crippen LogP contribution is 2.31. The summed E-state index contributed by atoms with van der Waals surface area (Å²) in [5.74, 6) is 0.342. The van der Waals surface area contributed by atoms with Gasteiger partial charge in [-0.1, -0.05) is 90.6 Å². The average molecular weight is 428 g/mol. The monoisotopic (exact) mass is 427 g/mol. The molecule has 0 aliphatic carbocycles. The maximum Gasteiger partial charge on any atom is 0.230 e. The summed E-state index contributed by atoms with van der Waals surface area (Å²) in [6.07, 6.45) is 0.827. The first-order valence-corrected chi connectivity index (χ1v) is 11.3. The van der Waals surface area contributed by atoms with Gasteiger partial charge in [-0.3, -0.25) is 9.36 Å². The van der Waals surface area contributed by atoms with Crippen LogP contribution < -0.4 is 5.32 Å². The zero-order valence-electron chi connectivity index (χ0n) is 17.5. The quantitative estimate of drug-likeness (QED) is 0.388. The van der Waals surface area contributed by atoms with Crippen LogP contribution in [-0.4, -0.2) is 27.8 Å². The highest BCUT2D eigenvalue weighted by molar-refractivity contribution is 7.99. The normalized spacial score (nSPS) is 10.7. The Hall–Kier alpha value is -3.31. The van der Waals surface area contributed by atoms with Crippen LogP contribution in [0.3, 0.4) is 0 Å². The van der Waals surface area contributed by atoms with E-state index in [0.717, 1.165) is 34.2 Å². The number of hydrogen-bond donors (Lipinski definition) is 1. The number of amides is 1. The molecule has 0 saturated carbocycles. The topological polar surface area (TPSA) is 46.9 Å². The van der Waals surface area contributed by atoms with Crippen LogP contribution in [0.5, 0.6) is 0 Å². The van der Waals surface area contributed by atoms with E-state index in [-0.39, 0.29) is 5.91 Å². The Bertz CT molecular complexity index is 1130. The fourth-order valence-electron chi connectivity index (χ4n) is 3.50. The number of para-hydroxylation sites is 1. The van der Waals surface area contributed by atoms with Gasteiger partial charge in [-0.2, -0.15) is 0 Å². The van der Waals surface area contributed by atoms with Gasteiger partial charge in [0.15, 0.2) is 5.16 Å². The Morgan fingerprint density at radius 2 is 1.52 bits per heavy atom. The zero-order valence-corrected chi connectivity index (χ0v) is 18.3. The maximum absolute atomic E-state index is 12.4. The van der Waals surface area contributed by atoms with E-state index in [2.05, 4.69) is 53.2 Å². The predicted octanol–water partition coefficient (Wildman–Crippen LogP) is 5.30. The van der Waals surface area contributed by atoms with Gasteiger partial charge in [-0.15, -0.1) is 0 Å². The second-order valence-corrected chi connectivity index (χ2v) is 8.18. The predicted molar refractivity (Wildman–Crippen MR) is 128 cm³/mol. The van der Waals surface area contributed by atoms with Gasteiger partial charge in [-0.05, 0) is 31.0 Å². The number of rotatable bonds is 8. The van der Waals surface area contributed by atoms with Gasteiger partial charge in [-0.25, -0.2) is 4.98 Å². The van der Waals surface area contributed by atoms with Crippen LogP contribution >= 0.6 is 11.8 Å². The highest BCUT2D eigenvalue weighted by atomic mass is 32.2. The number of carbonyl (C=O) groups excluding carboxylic acids is 1. The van der Waals surface area contributed by atoms with E-state index in [1.54, 1.807) is 0 Å². The molecule has 1 aromatic heterocycles. The summed E-state index contributed by atoms with van der Waals surface area (Å²) in [6.45, 7) is 2.71. The summed E-state index contributed by atoms with van der Waals surface area (Å²) >= 11 is 1.47. The zero-order chi connectivity index (χ0) is 21.5. The third-order valence-corrected chi connectivity index (χ3v) is 5.99. The fraction of sp³-hybridized carbons (Fsp3) is 0.154. The number of benzene rings is 3. The van der Waals surface area contributed by atoms with Crippen molar-refractivity contribution in [1.29, 1.82) is 0 Å². The summed E-state index contributed by atoms with van der Waals surface area (Å²) in [7, 11) is 0. The van der Waals surface area contributed by atoms with Gasteiger partial charge in [0.1, 0.15) is 0 Å². The molecule has 1 heterocycles. The van der Waals surface area contributed by atoms with Crippen molar-refractivity contribution < 1.29 is 4.79 Å². The number of hydrogen-bond acceptors (Lipinski definition) is 3. The summed E-state index contributed by atoms with van der Waals surface area (Å²) in [6, 6.07) is 30.5. The second kappa shape index (κ2) is 10.1. The van der Waals surface area contributed by atoms with Gasteiger partial charge in [0, 0.05) is 23.5 Å². The maximum atomic E-state index is 12.4. The van der Waals surface area contributed by atoms with Crippen molar-refractivity contribution in [3.05, 3.63) is 102 Å². The molecule has 1 amide bonds. The van der Waals surface area contributed by atoms with Crippen molar-refractivity contribution in [3.8, 4) is 16.9 Å². The van der Waals surface area contributed by atoms with Gasteiger partial charge < -0.3 is 5.32 Å². The van der Waals surface area contributed by atoms with Gasteiger partial charge in [0.2, 0.25) is 5.91 Å². The molecule has 0 radical (unpaired) electrons. The first-order valence-electron chi connectivity index (χ1n) is 10.4. The highest BCUT2D eigenvalue weighted by Gasteiger charge is 2.18. The van der Waals surface area contributed by atoms with Gasteiger partial charge >= 0.3 is 0 Å². The Kier molecular flexibility index (Phi) is 6.85. The molecule has 3 aromatic carbocycles. The standard InChI is InChI=1S/C26H25N3OS/c1-20-25(22-13-7-3-8-14-22)28-26(29(20)23-15-9-4-10-16-23)31-19-24(30)27-18-17-21-11-5-2-6-12-21/h2-16H,17-19H2,1H3,(H,27,30). The largest absolute Gasteiger partial charge is 0.355 e. The Morgan fingerprint density at radius 3 is 2.19 bits per heavy atom. The second-order valence-electron chi connectivity index (χ2n) is 7.24. The molecular formula is C26H25N3OS. The molecule has 4 aromatic rings. The van der Waals surface area contributed by atoms with Crippen LogP contribution in [0.15, 0.2) is 96.2 Å². The van der Waals surface area contributed by atoms with E-state index >= 15 is 0 Å². The number of thioether (sulfide) groups is 1. The lowest BCUT2D eigenvalue weighted by molar-refractivity contribution is -0.118. The molecule has 0 saturated heterocycles. The molecule has 4 rings (SSSR count). The fourth-order valence-corrected chi connectivity index (χ4v) is 4.38. The van der Waals surface area contributed by atoms with Crippen molar-refractivity contribution in [2.45, 2.75) is 18.5 Å². The van der Waals surface area contributed by atoms with Crippen molar-refractivity contribution >= 4 is 17.7 Å². The summed E-state index contributed by atoms with van der Waals surface area (Å²) in [5.41, 5.74) is 5.34. The number of nitrogens with zero attached hydrogens (tertiary/aromatic N) is 2. The lowest BCUT2D eigenvalue weighted by atomic mass is 10.1. The SMILES string of the molecule is Cc1c(-c2ccccc2)nc(SCC(=O)NCCc2ccccc2)n1-c1ccccc1. The van der Waals surface area contributed by atoms with Crippen molar-refractivity contribution in [2.75, 3.05) is 12.3 Å². The summed E-state index contributed by atoms with van der Waals surface area (Å²) in [4.78, 5) is 17.3. The van der Waals surface area contributed by atoms with E-state index in [1.807, 2.05) is 54.6 Å². The minimum absolute atomic E-state index is 0.0162. The van der Waals surface area contributed by atoms with Gasteiger partial charge in [0.05, 0.1) is 11.4 Å². The smallest absolute Gasteiger partial charge is 0.230 e. The first kappa shape index (κ1) is 20.9. The Morgan fingerprint density at radius 1 is 0.903 bits per heavy atom. The minimum atomic E-state index is 0.0162. The lowest BCUT2D eigenvalue weighted by Crippen LogP contribution is -2.27. The molecule has 0 unspecified atom stereocenters. The molecule has 0 atom stereocenters. The van der Waals surface area contributed by atoms with E-state index in [0.29, 0.717) is 12.3 Å². The molecule has 0 bridgehead atoms. The molecule has 31 heavy (non-hydrogen) atoms. The number of imidazole rings is 1. The molecule has 1 N–H and O–H groups in total. The van der Waals surface area contributed by atoms with Crippen LogP contribution in [0, 0.1) is 6.92 Å². The van der Waals surface area contributed by atoms with Crippen LogP contribution in [0.2, 0.25) is 0 Å². The number of carbonyl (C=O) groups is 1. The van der Waals surface area contributed by atoms with Crippen LogP contribution in [0.1, 0.15) is 11.3 Å². The third-order valence-electron chi connectivity index (χ3n) is 5.05. The molecule has 5 heteroatoms. The Labute approximate surface area is 187 Å². The van der Waals surface area contributed by atoms with Crippen LogP contribution in [-0.2, 0) is 11.2 Å². The number of nitrogens with one attached hydrogen (secondary N) is 1. The molecular weight excluding hydrogens is 402 g/mol. The first-order chi connectivity index (χ1) is 15.2. The van der Waals surface area contributed by atoms with Gasteiger partial charge in [0.25, 0.3) is 0 Å². The van der Waals surface area contributed by atoms with E-state index in [9.17, 15) is 4.79 Å². The average Bonchev–Trinajstić information content (AvgIpc) is 3.15. The third kappa shape index (κ3) is 5.25. The summed E-state index contributed by atoms with van der Waals surface area (Å²) < 4.78 is 2.13. The molecule has 0 spiro atoms. The van der Waals surface area contributed by atoms with Crippen LogP contribution in [0.4, 0.5) is 0 Å². The van der Waals surface area contributed by atoms with E-state index in [1.165, 1.54) is 17.3 Å². The van der Waals surface area contributed by atoms with Crippen molar-refractivity contribution in [2.24, 2.45) is 0 Å². The minimum Gasteiger partial charge on any atom is -0.355 e. The molecule has 156 valence electrons. The summed E-state index contributed by atoms with van der Waals surface area (Å²) in [5, 5.41) is 3.84. The lowest BCUT2D eigenvalue weighted by Gasteiger charge is -2.10. The number of aromatic nitrogens is 2. The van der Waals surface area contributed by atoms with Crippen LogP contribution in [0.25, 0.3) is 16.9 Å².